The molecule has 1 aromatic carbocycles. The van der Waals surface area contributed by atoms with Crippen LogP contribution in [-0.4, -0.2) is 40.9 Å². The largest absolute Gasteiger partial charge is 0.494 e. The summed E-state index contributed by atoms with van der Waals surface area (Å²) in [6, 6.07) is 7.75. The minimum absolute atomic E-state index is 0.0531. The standard InChI is InChI=1S/C22H29NO4S2/c1-3-5-14-27-18-11-9-10-17(15-18)16-19-21(25)23(22(28)29-19)13-8-6-7-12-20(24)26-4-2/h9-11,15-16H,3-8,12-14H2,1-2H3/b19-16+. The molecular formula is C22H29NO4S2. The summed E-state index contributed by atoms with van der Waals surface area (Å²) >= 11 is 6.72. The normalized spacial score (nSPS) is 15.2. The van der Waals surface area contributed by atoms with Crippen molar-refractivity contribution in [3.05, 3.63) is 34.7 Å². The second-order valence-electron chi connectivity index (χ2n) is 6.72. The molecule has 158 valence electrons. The molecule has 1 heterocycles. The van der Waals surface area contributed by atoms with Gasteiger partial charge in [0.25, 0.3) is 5.91 Å². The average Bonchev–Trinajstić information content (AvgIpc) is 2.95. The van der Waals surface area contributed by atoms with Gasteiger partial charge in [-0.15, -0.1) is 0 Å². The van der Waals surface area contributed by atoms with Crippen molar-refractivity contribution in [3.8, 4) is 5.75 Å². The first-order valence-electron chi connectivity index (χ1n) is 10.2. The number of esters is 1. The molecule has 0 aromatic heterocycles. The van der Waals surface area contributed by atoms with E-state index in [-0.39, 0.29) is 11.9 Å². The van der Waals surface area contributed by atoms with Crippen LogP contribution in [0.5, 0.6) is 5.75 Å². The third kappa shape index (κ3) is 7.82. The molecule has 5 nitrogen and oxygen atoms in total. The minimum atomic E-state index is -0.165. The zero-order chi connectivity index (χ0) is 21.1. The zero-order valence-corrected chi connectivity index (χ0v) is 18.8. The van der Waals surface area contributed by atoms with E-state index < -0.39 is 0 Å². The summed E-state index contributed by atoms with van der Waals surface area (Å²) in [4.78, 5) is 26.4. The number of unbranched alkanes of at least 4 members (excludes halogenated alkanes) is 3. The van der Waals surface area contributed by atoms with Crippen molar-refractivity contribution in [1.82, 2.24) is 4.90 Å². The predicted octanol–water partition coefficient (Wildman–Crippen LogP) is 5.19. The molecule has 1 amide bonds. The van der Waals surface area contributed by atoms with Crippen LogP contribution in [0.15, 0.2) is 29.2 Å². The Morgan fingerprint density at radius 3 is 2.79 bits per heavy atom. The molecule has 7 heteroatoms. The van der Waals surface area contributed by atoms with Crippen LogP contribution in [-0.2, 0) is 14.3 Å². The Kier molecular flexibility index (Phi) is 10.2. The highest BCUT2D eigenvalue weighted by Gasteiger charge is 2.31. The van der Waals surface area contributed by atoms with Crippen LogP contribution >= 0.6 is 24.0 Å². The summed E-state index contributed by atoms with van der Waals surface area (Å²) < 4.78 is 11.2. The Labute approximate surface area is 182 Å². The Morgan fingerprint density at radius 2 is 2.03 bits per heavy atom. The van der Waals surface area contributed by atoms with E-state index in [9.17, 15) is 9.59 Å². The van der Waals surface area contributed by atoms with Crippen molar-refractivity contribution in [1.29, 1.82) is 0 Å². The molecule has 0 aliphatic carbocycles. The van der Waals surface area contributed by atoms with Crippen LogP contribution in [0.3, 0.4) is 0 Å². The number of carbonyl (C=O) groups excluding carboxylic acids is 2. The van der Waals surface area contributed by atoms with E-state index in [1.807, 2.05) is 30.3 Å². The number of carbonyl (C=O) groups is 2. The van der Waals surface area contributed by atoms with Crippen molar-refractivity contribution in [2.45, 2.75) is 52.4 Å². The fourth-order valence-electron chi connectivity index (χ4n) is 2.82. The van der Waals surface area contributed by atoms with E-state index in [4.69, 9.17) is 21.7 Å². The van der Waals surface area contributed by atoms with Crippen LogP contribution in [0.4, 0.5) is 0 Å². The number of hydrogen-bond donors (Lipinski definition) is 0. The molecule has 0 spiro atoms. The van der Waals surface area contributed by atoms with Gasteiger partial charge in [0.15, 0.2) is 0 Å². The highest BCUT2D eigenvalue weighted by molar-refractivity contribution is 8.26. The van der Waals surface area contributed by atoms with Crippen molar-refractivity contribution in [3.63, 3.8) is 0 Å². The molecule has 0 unspecified atom stereocenters. The lowest BCUT2D eigenvalue weighted by Crippen LogP contribution is -2.29. The summed E-state index contributed by atoms with van der Waals surface area (Å²) in [7, 11) is 0. The van der Waals surface area contributed by atoms with E-state index in [2.05, 4.69) is 6.92 Å². The maximum atomic E-state index is 12.7. The fourth-order valence-corrected chi connectivity index (χ4v) is 4.13. The van der Waals surface area contributed by atoms with Crippen molar-refractivity contribution in [2.24, 2.45) is 0 Å². The van der Waals surface area contributed by atoms with Crippen LogP contribution in [0.25, 0.3) is 6.08 Å². The van der Waals surface area contributed by atoms with Gasteiger partial charge in [-0.25, -0.2) is 0 Å². The Morgan fingerprint density at radius 1 is 1.21 bits per heavy atom. The third-order valence-corrected chi connectivity index (χ3v) is 5.74. The number of rotatable bonds is 12. The molecule has 0 saturated carbocycles. The van der Waals surface area contributed by atoms with Gasteiger partial charge in [-0.3, -0.25) is 14.5 Å². The van der Waals surface area contributed by atoms with Gasteiger partial charge in [0.1, 0.15) is 10.1 Å². The van der Waals surface area contributed by atoms with Crippen LogP contribution in [0.1, 0.15) is 57.9 Å². The number of ether oxygens (including phenoxy) is 2. The molecule has 1 fully saturated rings. The summed E-state index contributed by atoms with van der Waals surface area (Å²) in [5, 5.41) is 0. The van der Waals surface area contributed by atoms with Gasteiger partial charge in [0.2, 0.25) is 0 Å². The van der Waals surface area contributed by atoms with E-state index >= 15 is 0 Å². The molecule has 0 bridgehead atoms. The molecule has 0 radical (unpaired) electrons. The zero-order valence-electron chi connectivity index (χ0n) is 17.1. The van der Waals surface area contributed by atoms with Gasteiger partial charge in [0, 0.05) is 13.0 Å². The van der Waals surface area contributed by atoms with Gasteiger partial charge in [-0.05, 0) is 50.0 Å². The molecule has 2 rings (SSSR count). The minimum Gasteiger partial charge on any atom is -0.494 e. The maximum Gasteiger partial charge on any atom is 0.305 e. The Bertz CT molecular complexity index is 748. The van der Waals surface area contributed by atoms with Gasteiger partial charge in [-0.1, -0.05) is 55.9 Å². The van der Waals surface area contributed by atoms with Crippen molar-refractivity contribution in [2.75, 3.05) is 19.8 Å². The molecule has 0 atom stereocenters. The first-order valence-corrected chi connectivity index (χ1v) is 11.4. The highest BCUT2D eigenvalue weighted by atomic mass is 32.2. The molecule has 1 aromatic rings. The predicted molar refractivity (Wildman–Crippen MR) is 122 cm³/mol. The number of thiocarbonyl (C=S) groups is 1. The van der Waals surface area contributed by atoms with Crippen molar-refractivity contribution >= 4 is 46.3 Å². The first-order chi connectivity index (χ1) is 14.0. The fraction of sp³-hybridized carbons (Fsp3) is 0.500. The monoisotopic (exact) mass is 435 g/mol. The maximum absolute atomic E-state index is 12.7. The lowest BCUT2D eigenvalue weighted by molar-refractivity contribution is -0.143. The molecule has 0 N–H and O–H groups in total. The number of thioether (sulfide) groups is 1. The SMILES string of the molecule is CCCCOc1cccc(/C=C2/SC(=S)N(CCCCCC(=O)OCC)C2=O)c1. The molecule has 1 aliphatic rings. The smallest absolute Gasteiger partial charge is 0.305 e. The van der Waals surface area contributed by atoms with Gasteiger partial charge in [0.05, 0.1) is 18.1 Å². The van der Waals surface area contributed by atoms with E-state index in [1.54, 1.807) is 11.8 Å². The Balaban J connectivity index is 1.86. The van der Waals surface area contributed by atoms with E-state index in [0.717, 1.165) is 43.4 Å². The second-order valence-corrected chi connectivity index (χ2v) is 8.40. The number of nitrogens with zero attached hydrogens (tertiary/aromatic N) is 1. The second kappa shape index (κ2) is 12.6. The van der Waals surface area contributed by atoms with Crippen LogP contribution in [0.2, 0.25) is 0 Å². The lowest BCUT2D eigenvalue weighted by atomic mass is 10.2. The molecular weight excluding hydrogens is 406 g/mol. The third-order valence-electron chi connectivity index (χ3n) is 4.36. The summed E-state index contributed by atoms with van der Waals surface area (Å²) in [5.74, 6) is 0.592. The Hall–Kier alpha value is -1.86. The summed E-state index contributed by atoms with van der Waals surface area (Å²) in [6.45, 7) is 5.61. The molecule has 29 heavy (non-hydrogen) atoms. The highest BCUT2D eigenvalue weighted by Crippen LogP contribution is 2.33. The van der Waals surface area contributed by atoms with Gasteiger partial charge >= 0.3 is 5.97 Å². The number of hydrogen-bond acceptors (Lipinski definition) is 6. The van der Waals surface area contributed by atoms with Gasteiger partial charge in [-0.2, -0.15) is 0 Å². The van der Waals surface area contributed by atoms with Gasteiger partial charge < -0.3 is 9.47 Å². The summed E-state index contributed by atoms with van der Waals surface area (Å²) in [6.07, 6.45) is 6.81. The van der Waals surface area contributed by atoms with E-state index in [0.29, 0.717) is 35.4 Å². The summed E-state index contributed by atoms with van der Waals surface area (Å²) in [5.41, 5.74) is 0.925. The quantitative estimate of drug-likeness (QED) is 0.195. The van der Waals surface area contributed by atoms with Crippen LogP contribution in [0, 0.1) is 0 Å². The number of benzene rings is 1. The van der Waals surface area contributed by atoms with Crippen LogP contribution < -0.4 is 4.74 Å². The first kappa shape index (κ1) is 23.4. The number of amides is 1. The topological polar surface area (TPSA) is 55.8 Å². The van der Waals surface area contributed by atoms with Crippen molar-refractivity contribution < 1.29 is 19.1 Å². The average molecular weight is 436 g/mol. The molecule has 1 saturated heterocycles. The van der Waals surface area contributed by atoms with E-state index in [1.165, 1.54) is 11.8 Å². The lowest BCUT2D eigenvalue weighted by Gasteiger charge is -2.14. The molecule has 1 aliphatic heterocycles.